The first kappa shape index (κ1) is 11.8. The first-order valence-electron chi connectivity index (χ1n) is 5.48. The van der Waals surface area contributed by atoms with Crippen molar-refractivity contribution in [3.63, 3.8) is 0 Å². The molecular formula is C11H19N2O2+. The van der Waals surface area contributed by atoms with E-state index in [9.17, 15) is 4.79 Å². The lowest BCUT2D eigenvalue weighted by Crippen LogP contribution is -2.36. The van der Waals surface area contributed by atoms with Crippen molar-refractivity contribution in [1.29, 1.82) is 0 Å². The SMILES string of the molecule is CCC[n+]1ccn(CCC(=O)O)c1CC. The Labute approximate surface area is 90.2 Å². The van der Waals surface area contributed by atoms with Crippen LogP contribution in [0.15, 0.2) is 12.4 Å². The fraction of sp³-hybridized carbons (Fsp3) is 0.636. The van der Waals surface area contributed by atoms with Gasteiger partial charge in [-0.15, -0.1) is 0 Å². The van der Waals surface area contributed by atoms with Crippen molar-refractivity contribution >= 4 is 5.97 Å². The molecule has 84 valence electrons. The van der Waals surface area contributed by atoms with E-state index in [-0.39, 0.29) is 6.42 Å². The van der Waals surface area contributed by atoms with Crippen LogP contribution >= 0.6 is 0 Å². The normalized spacial score (nSPS) is 10.5. The molecule has 1 N–H and O–H groups in total. The van der Waals surface area contributed by atoms with Gasteiger partial charge in [-0.2, -0.15) is 0 Å². The molecule has 0 bridgehead atoms. The molecule has 1 aromatic rings. The Kier molecular flexibility index (Phi) is 4.34. The zero-order valence-electron chi connectivity index (χ0n) is 9.44. The van der Waals surface area contributed by atoms with Gasteiger partial charge < -0.3 is 5.11 Å². The second-order valence-corrected chi connectivity index (χ2v) is 3.60. The quantitative estimate of drug-likeness (QED) is 0.719. The summed E-state index contributed by atoms with van der Waals surface area (Å²) < 4.78 is 4.23. The summed E-state index contributed by atoms with van der Waals surface area (Å²) in [6.45, 7) is 5.80. The zero-order valence-corrected chi connectivity index (χ0v) is 9.44. The smallest absolute Gasteiger partial charge is 0.307 e. The highest BCUT2D eigenvalue weighted by Crippen LogP contribution is 1.99. The predicted octanol–water partition coefficient (Wildman–Crippen LogP) is 1.22. The first-order chi connectivity index (χ1) is 7.19. The Morgan fingerprint density at radius 3 is 2.80 bits per heavy atom. The third kappa shape index (κ3) is 3.08. The third-order valence-corrected chi connectivity index (χ3v) is 2.44. The topological polar surface area (TPSA) is 46.1 Å². The molecule has 0 atom stereocenters. The predicted molar refractivity (Wildman–Crippen MR) is 56.5 cm³/mol. The van der Waals surface area contributed by atoms with Crippen molar-refractivity contribution in [2.75, 3.05) is 0 Å². The number of aromatic nitrogens is 2. The third-order valence-electron chi connectivity index (χ3n) is 2.44. The lowest BCUT2D eigenvalue weighted by molar-refractivity contribution is -0.703. The Morgan fingerprint density at radius 1 is 1.53 bits per heavy atom. The Morgan fingerprint density at radius 2 is 2.27 bits per heavy atom. The van der Waals surface area contributed by atoms with Crippen LogP contribution in [-0.4, -0.2) is 15.6 Å². The molecular weight excluding hydrogens is 192 g/mol. The first-order valence-corrected chi connectivity index (χ1v) is 5.48. The number of hydrogen-bond donors (Lipinski definition) is 1. The molecule has 0 aliphatic rings. The van der Waals surface area contributed by atoms with Crippen molar-refractivity contribution in [1.82, 2.24) is 4.57 Å². The summed E-state index contributed by atoms with van der Waals surface area (Å²) in [5, 5.41) is 8.63. The molecule has 0 aliphatic carbocycles. The van der Waals surface area contributed by atoms with Crippen LogP contribution in [0.25, 0.3) is 0 Å². The molecule has 0 radical (unpaired) electrons. The minimum Gasteiger partial charge on any atom is -0.481 e. The van der Waals surface area contributed by atoms with Gasteiger partial charge in [-0.3, -0.25) is 4.79 Å². The maximum absolute atomic E-state index is 10.5. The van der Waals surface area contributed by atoms with Crippen molar-refractivity contribution in [3.05, 3.63) is 18.2 Å². The Hall–Kier alpha value is -1.32. The summed E-state index contributed by atoms with van der Waals surface area (Å²) in [6, 6.07) is 0. The fourth-order valence-corrected chi connectivity index (χ4v) is 1.77. The van der Waals surface area contributed by atoms with Gasteiger partial charge in [-0.25, -0.2) is 9.13 Å². The summed E-state index contributed by atoms with van der Waals surface area (Å²) in [7, 11) is 0. The second-order valence-electron chi connectivity index (χ2n) is 3.60. The minimum absolute atomic E-state index is 0.188. The lowest BCUT2D eigenvalue weighted by atomic mass is 10.3. The van der Waals surface area contributed by atoms with E-state index in [0.29, 0.717) is 6.54 Å². The fourth-order valence-electron chi connectivity index (χ4n) is 1.77. The summed E-state index contributed by atoms with van der Waals surface area (Å²) in [5.41, 5.74) is 0. The second kappa shape index (κ2) is 5.53. The number of aliphatic carboxylic acids is 1. The van der Waals surface area contributed by atoms with E-state index in [0.717, 1.165) is 19.4 Å². The molecule has 1 heterocycles. The Balaban J connectivity index is 2.74. The molecule has 1 aromatic heterocycles. The van der Waals surface area contributed by atoms with Gasteiger partial charge in [-0.1, -0.05) is 13.8 Å². The van der Waals surface area contributed by atoms with Crippen LogP contribution in [0.2, 0.25) is 0 Å². The number of carboxylic acids is 1. The summed E-state index contributed by atoms with van der Waals surface area (Å²) in [6.07, 6.45) is 6.22. The van der Waals surface area contributed by atoms with Gasteiger partial charge in [-0.05, 0) is 6.42 Å². The van der Waals surface area contributed by atoms with Gasteiger partial charge in [0.05, 0.1) is 13.0 Å². The standard InChI is InChI=1S/C11H18N2O2/c1-3-6-12-8-9-13(10(12)4-2)7-5-11(14)15/h8-9H,3-7H2,1-2H3/p+1. The molecule has 1 rings (SSSR count). The van der Waals surface area contributed by atoms with E-state index >= 15 is 0 Å². The number of imidazole rings is 1. The molecule has 0 amide bonds. The highest BCUT2D eigenvalue weighted by atomic mass is 16.4. The van der Waals surface area contributed by atoms with E-state index in [1.54, 1.807) is 0 Å². The number of aryl methyl sites for hydroxylation is 2. The summed E-state index contributed by atoms with van der Waals surface area (Å²) >= 11 is 0. The van der Waals surface area contributed by atoms with Crippen molar-refractivity contribution in [3.8, 4) is 0 Å². The van der Waals surface area contributed by atoms with Crippen LogP contribution < -0.4 is 4.57 Å². The number of carboxylic acid groups (broad SMARTS) is 1. The molecule has 0 spiro atoms. The van der Waals surface area contributed by atoms with E-state index in [4.69, 9.17) is 5.11 Å². The van der Waals surface area contributed by atoms with Gasteiger partial charge in [0, 0.05) is 6.42 Å². The van der Waals surface area contributed by atoms with E-state index in [1.165, 1.54) is 5.82 Å². The van der Waals surface area contributed by atoms with Crippen LogP contribution in [0.4, 0.5) is 0 Å². The molecule has 0 fully saturated rings. The van der Waals surface area contributed by atoms with Crippen molar-refractivity contribution < 1.29 is 14.5 Å². The van der Waals surface area contributed by atoms with E-state index in [2.05, 4.69) is 18.4 Å². The molecule has 0 saturated heterocycles. The van der Waals surface area contributed by atoms with Gasteiger partial charge >= 0.3 is 5.97 Å². The van der Waals surface area contributed by atoms with Crippen LogP contribution in [-0.2, 0) is 24.3 Å². The van der Waals surface area contributed by atoms with Crippen molar-refractivity contribution in [2.45, 2.75) is 46.2 Å². The summed E-state index contributed by atoms with van der Waals surface area (Å²) in [5.74, 6) is 0.464. The van der Waals surface area contributed by atoms with Crippen LogP contribution in [0, 0.1) is 0 Å². The summed E-state index contributed by atoms with van der Waals surface area (Å²) in [4.78, 5) is 10.5. The maximum atomic E-state index is 10.5. The van der Waals surface area contributed by atoms with Gasteiger partial charge in [0.1, 0.15) is 18.9 Å². The zero-order chi connectivity index (χ0) is 11.3. The monoisotopic (exact) mass is 211 g/mol. The lowest BCUT2D eigenvalue weighted by Gasteiger charge is -2.00. The van der Waals surface area contributed by atoms with Crippen LogP contribution in [0.1, 0.15) is 32.5 Å². The van der Waals surface area contributed by atoms with Crippen molar-refractivity contribution in [2.24, 2.45) is 0 Å². The average Bonchev–Trinajstić information content (AvgIpc) is 2.58. The molecule has 0 aliphatic heterocycles. The maximum Gasteiger partial charge on any atom is 0.307 e. The van der Waals surface area contributed by atoms with E-state index in [1.807, 2.05) is 17.0 Å². The highest BCUT2D eigenvalue weighted by Gasteiger charge is 2.14. The molecule has 4 nitrogen and oxygen atoms in total. The van der Waals surface area contributed by atoms with Gasteiger partial charge in [0.2, 0.25) is 0 Å². The highest BCUT2D eigenvalue weighted by molar-refractivity contribution is 5.66. The van der Waals surface area contributed by atoms with Crippen LogP contribution in [0.3, 0.4) is 0 Å². The largest absolute Gasteiger partial charge is 0.481 e. The molecule has 0 aromatic carbocycles. The average molecular weight is 211 g/mol. The number of carbonyl (C=O) groups is 1. The number of rotatable bonds is 6. The van der Waals surface area contributed by atoms with Gasteiger partial charge in [0.15, 0.2) is 0 Å². The van der Waals surface area contributed by atoms with Crippen LogP contribution in [0.5, 0.6) is 0 Å². The Bertz CT molecular complexity index is 331. The molecule has 15 heavy (non-hydrogen) atoms. The molecule has 4 heteroatoms. The number of hydrogen-bond acceptors (Lipinski definition) is 1. The van der Waals surface area contributed by atoms with E-state index < -0.39 is 5.97 Å². The van der Waals surface area contributed by atoms with Gasteiger partial charge in [0.25, 0.3) is 5.82 Å². The molecule has 0 saturated carbocycles. The number of nitrogens with zero attached hydrogens (tertiary/aromatic N) is 2. The minimum atomic E-state index is -0.743. The molecule has 0 unspecified atom stereocenters.